The zero-order valence-electron chi connectivity index (χ0n) is 14.2. The molecule has 0 spiro atoms. The van der Waals surface area contributed by atoms with Gasteiger partial charge in [-0.2, -0.15) is 0 Å². The summed E-state index contributed by atoms with van der Waals surface area (Å²) < 4.78 is 0. The van der Waals surface area contributed by atoms with E-state index in [1.54, 1.807) is 6.92 Å². The standard InChI is InChI=1S/C15H33N3O2/c1-11(2)15(7,20)10-17-14(19)16-8-9-18(12(3)4)13(5)6/h11-13,20H,8-10H2,1-7H3,(H2,16,17,19). The van der Waals surface area contributed by atoms with Crippen molar-refractivity contribution in [3.05, 3.63) is 0 Å². The molecule has 0 aliphatic heterocycles. The number of carbonyl (C=O) groups is 1. The van der Waals surface area contributed by atoms with Crippen molar-refractivity contribution in [3.8, 4) is 0 Å². The summed E-state index contributed by atoms with van der Waals surface area (Å²) in [5.74, 6) is 0.0974. The molecular formula is C15H33N3O2. The first kappa shape index (κ1) is 19.2. The van der Waals surface area contributed by atoms with E-state index in [2.05, 4.69) is 43.2 Å². The first-order chi connectivity index (χ1) is 9.08. The Morgan fingerprint density at radius 3 is 2.00 bits per heavy atom. The van der Waals surface area contributed by atoms with Crippen molar-refractivity contribution in [1.29, 1.82) is 0 Å². The van der Waals surface area contributed by atoms with Gasteiger partial charge >= 0.3 is 6.03 Å². The summed E-state index contributed by atoms with van der Waals surface area (Å²) in [6, 6.07) is 0.696. The molecule has 0 rings (SSSR count). The smallest absolute Gasteiger partial charge is 0.314 e. The van der Waals surface area contributed by atoms with Crippen molar-refractivity contribution in [2.24, 2.45) is 5.92 Å². The van der Waals surface area contributed by atoms with Crippen LogP contribution in [-0.4, -0.2) is 53.4 Å². The van der Waals surface area contributed by atoms with Gasteiger partial charge in [0.05, 0.1) is 5.60 Å². The van der Waals surface area contributed by atoms with Gasteiger partial charge in [0.1, 0.15) is 0 Å². The van der Waals surface area contributed by atoms with E-state index in [4.69, 9.17) is 0 Å². The third-order valence-electron chi connectivity index (χ3n) is 3.83. The molecule has 20 heavy (non-hydrogen) atoms. The van der Waals surface area contributed by atoms with Crippen LogP contribution in [0.4, 0.5) is 4.79 Å². The predicted octanol–water partition coefficient (Wildman–Crippen LogP) is 1.81. The average molecular weight is 287 g/mol. The number of nitrogens with zero attached hydrogens (tertiary/aromatic N) is 1. The summed E-state index contributed by atoms with van der Waals surface area (Å²) in [6.45, 7) is 15.9. The second kappa shape index (κ2) is 8.47. The van der Waals surface area contributed by atoms with Crippen molar-refractivity contribution in [3.63, 3.8) is 0 Å². The highest BCUT2D eigenvalue weighted by atomic mass is 16.3. The van der Waals surface area contributed by atoms with Gasteiger partial charge in [-0.05, 0) is 40.5 Å². The lowest BCUT2D eigenvalue weighted by Gasteiger charge is -2.30. The summed E-state index contributed by atoms with van der Waals surface area (Å²) in [6.07, 6.45) is 0. The largest absolute Gasteiger partial charge is 0.388 e. The topological polar surface area (TPSA) is 64.6 Å². The van der Waals surface area contributed by atoms with Crippen LogP contribution in [0, 0.1) is 5.92 Å². The molecule has 0 radical (unpaired) electrons. The second-order valence-corrected chi connectivity index (χ2v) is 6.55. The third-order valence-corrected chi connectivity index (χ3v) is 3.83. The number of aliphatic hydroxyl groups is 1. The lowest BCUT2D eigenvalue weighted by atomic mass is 9.93. The fraction of sp³-hybridized carbons (Fsp3) is 0.933. The van der Waals surface area contributed by atoms with Gasteiger partial charge in [0.2, 0.25) is 0 Å². The van der Waals surface area contributed by atoms with Crippen molar-refractivity contribution in [2.45, 2.75) is 66.2 Å². The van der Waals surface area contributed by atoms with Crippen LogP contribution in [0.25, 0.3) is 0 Å². The number of urea groups is 1. The minimum Gasteiger partial charge on any atom is -0.388 e. The van der Waals surface area contributed by atoms with E-state index in [0.29, 0.717) is 18.6 Å². The van der Waals surface area contributed by atoms with Crippen molar-refractivity contribution < 1.29 is 9.90 Å². The number of nitrogens with one attached hydrogen (secondary N) is 2. The molecule has 120 valence electrons. The lowest BCUT2D eigenvalue weighted by Crippen LogP contribution is -2.49. The van der Waals surface area contributed by atoms with Crippen LogP contribution in [0.2, 0.25) is 0 Å². The maximum Gasteiger partial charge on any atom is 0.314 e. The van der Waals surface area contributed by atoms with E-state index >= 15 is 0 Å². The fourth-order valence-electron chi connectivity index (χ4n) is 1.94. The van der Waals surface area contributed by atoms with Gasteiger partial charge in [0.15, 0.2) is 0 Å². The average Bonchev–Trinajstić information content (AvgIpc) is 2.30. The van der Waals surface area contributed by atoms with Crippen LogP contribution in [-0.2, 0) is 0 Å². The fourth-order valence-corrected chi connectivity index (χ4v) is 1.94. The molecule has 0 saturated carbocycles. The Kier molecular flexibility index (Phi) is 8.13. The molecule has 3 N–H and O–H groups in total. The number of carbonyl (C=O) groups excluding carboxylic acids is 1. The van der Waals surface area contributed by atoms with E-state index < -0.39 is 5.60 Å². The van der Waals surface area contributed by atoms with E-state index in [1.807, 2.05) is 13.8 Å². The maximum absolute atomic E-state index is 11.7. The quantitative estimate of drug-likeness (QED) is 0.638. The molecule has 0 aromatic carbocycles. The molecule has 0 aromatic heterocycles. The summed E-state index contributed by atoms with van der Waals surface area (Å²) in [5, 5.41) is 15.6. The molecule has 1 atom stereocenters. The third kappa shape index (κ3) is 7.10. The molecule has 0 aliphatic carbocycles. The second-order valence-electron chi connectivity index (χ2n) is 6.55. The highest BCUT2D eigenvalue weighted by Gasteiger charge is 2.25. The van der Waals surface area contributed by atoms with Gasteiger partial charge in [-0.1, -0.05) is 13.8 Å². The zero-order valence-corrected chi connectivity index (χ0v) is 14.2. The van der Waals surface area contributed by atoms with E-state index in [1.165, 1.54) is 0 Å². The Labute approximate surface area is 124 Å². The molecule has 0 aliphatic rings. The van der Waals surface area contributed by atoms with Gasteiger partial charge in [0, 0.05) is 31.7 Å². The molecular weight excluding hydrogens is 254 g/mol. The summed E-state index contributed by atoms with van der Waals surface area (Å²) in [5.41, 5.74) is -0.876. The molecule has 0 saturated heterocycles. The molecule has 5 nitrogen and oxygen atoms in total. The summed E-state index contributed by atoms with van der Waals surface area (Å²) >= 11 is 0. The predicted molar refractivity (Wildman–Crippen MR) is 83.8 cm³/mol. The first-order valence-corrected chi connectivity index (χ1v) is 7.57. The maximum atomic E-state index is 11.7. The molecule has 2 amide bonds. The van der Waals surface area contributed by atoms with E-state index in [0.717, 1.165) is 6.54 Å². The molecule has 0 aromatic rings. The van der Waals surface area contributed by atoms with Gasteiger partial charge in [-0.15, -0.1) is 0 Å². The Bertz CT molecular complexity index is 281. The van der Waals surface area contributed by atoms with Gasteiger partial charge in [0.25, 0.3) is 0 Å². The molecule has 0 heterocycles. The van der Waals surface area contributed by atoms with Crippen molar-refractivity contribution in [1.82, 2.24) is 15.5 Å². The number of rotatable bonds is 8. The Balaban J connectivity index is 4.00. The van der Waals surface area contributed by atoms with Crippen LogP contribution >= 0.6 is 0 Å². The highest BCUT2D eigenvalue weighted by Crippen LogP contribution is 2.14. The van der Waals surface area contributed by atoms with Crippen LogP contribution in [0.3, 0.4) is 0 Å². The Morgan fingerprint density at radius 2 is 1.60 bits per heavy atom. The molecule has 0 fully saturated rings. The van der Waals surface area contributed by atoms with Crippen molar-refractivity contribution >= 4 is 6.03 Å². The minimum atomic E-state index is -0.876. The van der Waals surface area contributed by atoms with Crippen LogP contribution in [0.5, 0.6) is 0 Å². The Hall–Kier alpha value is -0.810. The number of hydrogen-bond donors (Lipinski definition) is 3. The van der Waals surface area contributed by atoms with Crippen LogP contribution in [0.1, 0.15) is 48.5 Å². The van der Waals surface area contributed by atoms with Crippen molar-refractivity contribution in [2.75, 3.05) is 19.6 Å². The van der Waals surface area contributed by atoms with Crippen LogP contribution < -0.4 is 10.6 Å². The molecule has 1 unspecified atom stereocenters. The summed E-state index contributed by atoms with van der Waals surface area (Å²) in [4.78, 5) is 14.0. The van der Waals surface area contributed by atoms with Gasteiger partial charge in [-0.3, -0.25) is 4.90 Å². The first-order valence-electron chi connectivity index (χ1n) is 7.57. The van der Waals surface area contributed by atoms with E-state index in [9.17, 15) is 9.90 Å². The zero-order chi connectivity index (χ0) is 15.9. The number of amides is 2. The molecule has 0 bridgehead atoms. The molecule has 5 heteroatoms. The lowest BCUT2D eigenvalue weighted by molar-refractivity contribution is 0.0166. The summed E-state index contributed by atoms with van der Waals surface area (Å²) in [7, 11) is 0. The highest BCUT2D eigenvalue weighted by molar-refractivity contribution is 5.73. The normalized spacial score (nSPS) is 15.0. The number of hydrogen-bond acceptors (Lipinski definition) is 3. The van der Waals surface area contributed by atoms with E-state index in [-0.39, 0.29) is 18.5 Å². The Morgan fingerprint density at radius 1 is 1.10 bits per heavy atom. The minimum absolute atomic E-state index is 0.0974. The SMILES string of the molecule is CC(C)N(CCNC(=O)NCC(C)(O)C(C)C)C(C)C. The van der Waals surface area contributed by atoms with Crippen LogP contribution in [0.15, 0.2) is 0 Å². The van der Waals surface area contributed by atoms with Gasteiger partial charge < -0.3 is 15.7 Å². The monoisotopic (exact) mass is 287 g/mol. The van der Waals surface area contributed by atoms with Gasteiger partial charge in [-0.25, -0.2) is 4.79 Å².